The van der Waals surface area contributed by atoms with E-state index in [9.17, 15) is 4.79 Å². The number of hydrogen-bond donors (Lipinski definition) is 1. The summed E-state index contributed by atoms with van der Waals surface area (Å²) in [7, 11) is 0. The largest absolute Gasteiger partial charge is 0.440 e. The Morgan fingerprint density at radius 1 is 1.60 bits per heavy atom. The van der Waals surface area contributed by atoms with Crippen molar-refractivity contribution in [2.45, 2.75) is 13.3 Å². The van der Waals surface area contributed by atoms with Gasteiger partial charge in [0.05, 0.1) is 0 Å². The first-order chi connectivity index (χ1) is 7.19. The average Bonchev–Trinajstić information content (AvgIpc) is 2.65. The molecule has 1 aromatic rings. The van der Waals surface area contributed by atoms with Crippen molar-refractivity contribution < 1.29 is 14.3 Å². The highest BCUT2D eigenvalue weighted by Crippen LogP contribution is 2.15. The highest BCUT2D eigenvalue weighted by Gasteiger charge is 2.16. The van der Waals surface area contributed by atoms with Gasteiger partial charge < -0.3 is 14.4 Å². The number of aliphatic hydroxyl groups excluding tert-OH is 1. The maximum absolute atomic E-state index is 11.8. The SMILES string of the molecule is CCN(CCCO)C(=O)c1ccc(Cl)o1. The lowest BCUT2D eigenvalue weighted by Crippen LogP contribution is -2.31. The molecular weight excluding hydrogens is 218 g/mol. The Bertz CT molecular complexity index is 324. The predicted octanol–water partition coefficient (Wildman–Crippen LogP) is 1.78. The number of hydrogen-bond acceptors (Lipinski definition) is 3. The zero-order chi connectivity index (χ0) is 11.3. The molecule has 0 bridgehead atoms. The van der Waals surface area contributed by atoms with Crippen LogP contribution < -0.4 is 0 Å². The summed E-state index contributed by atoms with van der Waals surface area (Å²) in [6, 6.07) is 3.08. The van der Waals surface area contributed by atoms with Crippen molar-refractivity contribution in [1.29, 1.82) is 0 Å². The van der Waals surface area contributed by atoms with E-state index in [1.165, 1.54) is 6.07 Å². The van der Waals surface area contributed by atoms with Gasteiger partial charge in [0.25, 0.3) is 5.91 Å². The lowest BCUT2D eigenvalue weighted by atomic mass is 10.3. The number of halogens is 1. The van der Waals surface area contributed by atoms with Gasteiger partial charge in [-0.05, 0) is 37.1 Å². The first-order valence-electron chi connectivity index (χ1n) is 4.84. The third-order valence-corrected chi connectivity index (χ3v) is 2.24. The fourth-order valence-corrected chi connectivity index (χ4v) is 1.40. The molecule has 0 aliphatic heterocycles. The lowest BCUT2D eigenvalue weighted by Gasteiger charge is -2.18. The molecule has 0 spiro atoms. The number of carbonyl (C=O) groups excluding carboxylic acids is 1. The summed E-state index contributed by atoms with van der Waals surface area (Å²) >= 11 is 5.58. The minimum Gasteiger partial charge on any atom is -0.440 e. The van der Waals surface area contributed by atoms with Crippen LogP contribution in [0.15, 0.2) is 16.5 Å². The zero-order valence-corrected chi connectivity index (χ0v) is 9.33. The van der Waals surface area contributed by atoms with E-state index in [0.29, 0.717) is 19.5 Å². The summed E-state index contributed by atoms with van der Waals surface area (Å²) in [5.74, 6) is 0.0395. The summed E-state index contributed by atoms with van der Waals surface area (Å²) in [5, 5.41) is 8.89. The zero-order valence-electron chi connectivity index (χ0n) is 8.57. The van der Waals surface area contributed by atoms with E-state index in [1.807, 2.05) is 6.92 Å². The van der Waals surface area contributed by atoms with Crippen molar-refractivity contribution in [3.63, 3.8) is 0 Å². The molecule has 0 aliphatic rings. The second-order valence-corrected chi connectivity index (χ2v) is 3.44. The molecule has 1 amide bonds. The molecule has 15 heavy (non-hydrogen) atoms. The number of furan rings is 1. The van der Waals surface area contributed by atoms with Gasteiger partial charge in [-0.15, -0.1) is 0 Å². The molecule has 0 atom stereocenters. The molecule has 0 radical (unpaired) electrons. The fourth-order valence-electron chi connectivity index (χ4n) is 1.25. The standard InChI is InChI=1S/C10H14ClNO3/c1-2-12(6-3-7-13)10(14)8-4-5-9(11)15-8/h4-5,13H,2-3,6-7H2,1H3. The van der Waals surface area contributed by atoms with Gasteiger partial charge in [0, 0.05) is 19.7 Å². The molecule has 0 aliphatic carbocycles. The first kappa shape index (κ1) is 12.1. The Kier molecular flexibility index (Phi) is 4.65. The third kappa shape index (κ3) is 3.25. The highest BCUT2D eigenvalue weighted by atomic mass is 35.5. The smallest absolute Gasteiger partial charge is 0.289 e. The van der Waals surface area contributed by atoms with Crippen molar-refractivity contribution in [2.75, 3.05) is 19.7 Å². The molecule has 0 fully saturated rings. The number of rotatable bonds is 5. The lowest BCUT2D eigenvalue weighted by molar-refractivity contribution is 0.0722. The van der Waals surface area contributed by atoms with E-state index >= 15 is 0 Å². The Morgan fingerprint density at radius 2 is 2.33 bits per heavy atom. The molecule has 1 aromatic heterocycles. The van der Waals surface area contributed by atoms with Crippen LogP contribution in [0.2, 0.25) is 5.22 Å². The van der Waals surface area contributed by atoms with Crippen LogP contribution in [-0.2, 0) is 0 Å². The Morgan fingerprint density at radius 3 is 2.80 bits per heavy atom. The fraction of sp³-hybridized carbons (Fsp3) is 0.500. The quantitative estimate of drug-likeness (QED) is 0.841. The summed E-state index contributed by atoms with van der Waals surface area (Å²) in [6.45, 7) is 3.05. The monoisotopic (exact) mass is 231 g/mol. The van der Waals surface area contributed by atoms with Crippen molar-refractivity contribution in [3.8, 4) is 0 Å². The number of nitrogens with zero attached hydrogens (tertiary/aromatic N) is 1. The van der Waals surface area contributed by atoms with E-state index in [0.717, 1.165) is 0 Å². The second-order valence-electron chi connectivity index (χ2n) is 3.07. The van der Waals surface area contributed by atoms with Gasteiger partial charge in [0.1, 0.15) is 0 Å². The number of carbonyl (C=O) groups is 1. The molecular formula is C10H14ClNO3. The molecule has 0 saturated heterocycles. The predicted molar refractivity (Wildman–Crippen MR) is 57.0 cm³/mol. The topological polar surface area (TPSA) is 53.7 Å². The van der Waals surface area contributed by atoms with Crippen molar-refractivity contribution in [1.82, 2.24) is 4.90 Å². The van der Waals surface area contributed by atoms with Crippen LogP contribution in [0.4, 0.5) is 0 Å². The molecule has 5 heteroatoms. The Hall–Kier alpha value is -1.00. The van der Waals surface area contributed by atoms with E-state index in [1.54, 1.807) is 11.0 Å². The number of amides is 1. The van der Waals surface area contributed by atoms with Crippen LogP contribution in [0, 0.1) is 0 Å². The van der Waals surface area contributed by atoms with Crippen LogP contribution in [0.5, 0.6) is 0 Å². The van der Waals surface area contributed by atoms with Crippen LogP contribution >= 0.6 is 11.6 Å². The van der Waals surface area contributed by atoms with Crippen molar-refractivity contribution >= 4 is 17.5 Å². The molecule has 0 saturated carbocycles. The highest BCUT2D eigenvalue weighted by molar-refractivity contribution is 6.29. The van der Waals surface area contributed by atoms with E-state index in [-0.39, 0.29) is 23.5 Å². The van der Waals surface area contributed by atoms with Gasteiger partial charge in [0.15, 0.2) is 11.0 Å². The normalized spacial score (nSPS) is 10.3. The van der Waals surface area contributed by atoms with Crippen molar-refractivity contribution in [2.24, 2.45) is 0 Å². The maximum Gasteiger partial charge on any atom is 0.289 e. The van der Waals surface area contributed by atoms with Gasteiger partial charge in [-0.25, -0.2) is 0 Å². The summed E-state index contributed by atoms with van der Waals surface area (Å²) in [4.78, 5) is 13.4. The molecule has 4 nitrogen and oxygen atoms in total. The Balaban J connectivity index is 2.64. The minimum absolute atomic E-state index is 0.0721. The van der Waals surface area contributed by atoms with Crippen LogP contribution in [0.25, 0.3) is 0 Å². The third-order valence-electron chi connectivity index (χ3n) is 2.04. The van der Waals surface area contributed by atoms with Gasteiger partial charge in [0.2, 0.25) is 0 Å². The maximum atomic E-state index is 11.8. The summed E-state index contributed by atoms with van der Waals surface area (Å²) in [5.41, 5.74) is 0. The van der Waals surface area contributed by atoms with Crippen LogP contribution in [0.3, 0.4) is 0 Å². The van der Waals surface area contributed by atoms with Gasteiger partial charge in [-0.2, -0.15) is 0 Å². The molecule has 1 N–H and O–H groups in total. The van der Waals surface area contributed by atoms with Crippen LogP contribution in [0.1, 0.15) is 23.9 Å². The molecule has 0 aromatic carbocycles. The Labute approximate surface area is 93.4 Å². The second kappa shape index (κ2) is 5.78. The summed E-state index contributed by atoms with van der Waals surface area (Å²) in [6.07, 6.45) is 0.564. The van der Waals surface area contributed by atoms with E-state index < -0.39 is 0 Å². The van der Waals surface area contributed by atoms with Crippen LogP contribution in [-0.4, -0.2) is 35.6 Å². The van der Waals surface area contributed by atoms with Gasteiger partial charge >= 0.3 is 0 Å². The molecule has 84 valence electrons. The minimum atomic E-state index is -0.196. The van der Waals surface area contributed by atoms with E-state index in [2.05, 4.69) is 0 Å². The van der Waals surface area contributed by atoms with Gasteiger partial charge in [-0.3, -0.25) is 4.79 Å². The molecule has 0 unspecified atom stereocenters. The first-order valence-corrected chi connectivity index (χ1v) is 5.22. The molecule has 1 heterocycles. The van der Waals surface area contributed by atoms with E-state index in [4.69, 9.17) is 21.1 Å². The van der Waals surface area contributed by atoms with Gasteiger partial charge in [-0.1, -0.05) is 0 Å². The van der Waals surface area contributed by atoms with Crippen molar-refractivity contribution in [3.05, 3.63) is 23.1 Å². The average molecular weight is 232 g/mol. The molecule has 1 rings (SSSR count). The summed E-state index contributed by atoms with van der Waals surface area (Å²) < 4.78 is 5.02. The number of aliphatic hydroxyl groups is 1.